The van der Waals surface area contributed by atoms with Gasteiger partial charge in [0.2, 0.25) is 0 Å². The minimum absolute atomic E-state index is 0.00151. The largest absolute Gasteiger partial charge is 0.355 e. The highest BCUT2D eigenvalue weighted by molar-refractivity contribution is 6.08. The third kappa shape index (κ3) is 10.4. The number of anilines is 7. The van der Waals surface area contributed by atoms with Gasteiger partial charge in [0, 0.05) is 40.0 Å². The van der Waals surface area contributed by atoms with E-state index >= 15 is 0 Å². The molecule has 0 amide bonds. The fraction of sp³-hybridized carbons (Fsp3) is 0.0455. The minimum atomic E-state index is -0.00151. The molecule has 4 heteroatoms. The molecule has 0 spiro atoms. The van der Waals surface area contributed by atoms with Crippen LogP contribution in [-0.4, -0.2) is 11.8 Å². The molecule has 1 unspecified atom stereocenters. The smallest absolute Gasteiger partial charge is 0.0610 e. The standard InChI is InChI=1S/C66H54N4/c1-48-23-34-53(35-24-48)57-42-38-54(64(46-57)68-59-15-7-3-8-16-59)36-32-51-28-26-50(27-29-51)30-31-52-33-37-55-39-40-56-41-43-58(47-66(56)70(65(55)45-52)62-21-13-6-14-22-62)63(67)44-25-49(2)69(60-17-9-4-10-18-60)61-19-11-5-12-20-61/h3-47,49,67-68H,1-2H3/b31-30+,36-32-,44-25-,67-63?. The molecule has 1 heterocycles. The molecule has 0 aliphatic carbocycles. The summed E-state index contributed by atoms with van der Waals surface area (Å²) >= 11 is 0. The van der Waals surface area contributed by atoms with Gasteiger partial charge in [0.25, 0.3) is 0 Å². The lowest BCUT2D eigenvalue weighted by molar-refractivity contribution is 0.865. The first-order valence-corrected chi connectivity index (χ1v) is 23.9. The molecule has 10 rings (SSSR count). The van der Waals surface area contributed by atoms with Crippen LogP contribution < -0.4 is 15.1 Å². The van der Waals surface area contributed by atoms with Crippen LogP contribution in [0.5, 0.6) is 0 Å². The van der Waals surface area contributed by atoms with Crippen molar-refractivity contribution >= 4 is 82.0 Å². The molecule has 1 aliphatic heterocycles. The van der Waals surface area contributed by atoms with E-state index < -0.39 is 0 Å². The van der Waals surface area contributed by atoms with Gasteiger partial charge in [-0.1, -0.05) is 206 Å². The number of nitrogens with one attached hydrogen (secondary N) is 2. The second-order valence-electron chi connectivity index (χ2n) is 17.6. The van der Waals surface area contributed by atoms with E-state index in [1.54, 1.807) is 0 Å². The van der Waals surface area contributed by atoms with Crippen molar-refractivity contribution in [3.63, 3.8) is 0 Å². The van der Waals surface area contributed by atoms with Crippen molar-refractivity contribution in [3.05, 3.63) is 281 Å². The maximum Gasteiger partial charge on any atom is 0.0610 e. The maximum absolute atomic E-state index is 9.34. The zero-order valence-electron chi connectivity index (χ0n) is 39.5. The van der Waals surface area contributed by atoms with Crippen molar-refractivity contribution in [1.29, 1.82) is 5.41 Å². The van der Waals surface area contributed by atoms with E-state index in [9.17, 15) is 5.41 Å². The summed E-state index contributed by atoms with van der Waals surface area (Å²) in [4.78, 5) is 4.63. The summed E-state index contributed by atoms with van der Waals surface area (Å²) in [7, 11) is 0. The SMILES string of the molecule is Cc1ccc(-c2ccc(/C=C\c3ccc(/C=C/c4ccc5c(c4)N(c4ccccc4)c4cc(C(=N)/C=C\C(C)N(c6ccccc6)c6ccccc6)ccc4C=C5)cc3)c(Nc3ccccc3)c2)cc1. The van der Waals surface area contributed by atoms with E-state index in [1.165, 1.54) is 16.7 Å². The van der Waals surface area contributed by atoms with Crippen LogP contribution in [0, 0.1) is 12.3 Å². The highest BCUT2D eigenvalue weighted by Gasteiger charge is 2.22. The number of hydrogen-bond donors (Lipinski definition) is 2. The van der Waals surface area contributed by atoms with E-state index in [4.69, 9.17) is 0 Å². The fourth-order valence-corrected chi connectivity index (χ4v) is 8.93. The molecule has 1 aliphatic rings. The molecule has 0 saturated heterocycles. The Kier molecular flexibility index (Phi) is 13.4. The van der Waals surface area contributed by atoms with Crippen molar-refractivity contribution in [2.45, 2.75) is 19.9 Å². The summed E-state index contributed by atoms with van der Waals surface area (Å²) in [5.74, 6) is 0. The molecule has 0 aromatic heterocycles. The van der Waals surface area contributed by atoms with Gasteiger partial charge >= 0.3 is 0 Å². The molecule has 0 saturated carbocycles. The number of rotatable bonds is 14. The number of para-hydroxylation sites is 4. The summed E-state index contributed by atoms with van der Waals surface area (Å²) in [5, 5.41) is 13.0. The average Bonchev–Trinajstić information content (AvgIpc) is 3.57. The highest BCUT2D eigenvalue weighted by atomic mass is 15.2. The Morgan fingerprint density at radius 3 is 1.69 bits per heavy atom. The maximum atomic E-state index is 9.34. The molecule has 1 atom stereocenters. The number of allylic oxidation sites excluding steroid dienone is 1. The lowest BCUT2D eigenvalue weighted by Gasteiger charge is -2.30. The van der Waals surface area contributed by atoms with Crippen LogP contribution in [0.2, 0.25) is 0 Å². The summed E-state index contributed by atoms with van der Waals surface area (Å²) in [6.07, 6.45) is 17.2. The molecule has 2 N–H and O–H groups in total. The Morgan fingerprint density at radius 2 is 1.04 bits per heavy atom. The van der Waals surface area contributed by atoms with Crippen LogP contribution in [0.3, 0.4) is 0 Å². The molecule has 0 radical (unpaired) electrons. The van der Waals surface area contributed by atoms with Crippen LogP contribution in [0.25, 0.3) is 47.6 Å². The van der Waals surface area contributed by atoms with Gasteiger partial charge in [0.1, 0.15) is 0 Å². The highest BCUT2D eigenvalue weighted by Crippen LogP contribution is 2.43. The second-order valence-corrected chi connectivity index (χ2v) is 17.6. The van der Waals surface area contributed by atoms with Gasteiger partial charge in [-0.25, -0.2) is 0 Å². The van der Waals surface area contributed by atoms with Crippen LogP contribution in [-0.2, 0) is 0 Å². The van der Waals surface area contributed by atoms with Gasteiger partial charge in [0.05, 0.1) is 17.1 Å². The fourth-order valence-electron chi connectivity index (χ4n) is 8.93. The number of aryl methyl sites for hydroxylation is 1. The molecular formula is C66H54N4. The molecule has 9 aromatic rings. The van der Waals surface area contributed by atoms with Gasteiger partial charge in [-0.2, -0.15) is 0 Å². The van der Waals surface area contributed by atoms with Gasteiger partial charge in [-0.15, -0.1) is 0 Å². The Bertz CT molecular complexity index is 3310. The van der Waals surface area contributed by atoms with Crippen LogP contribution in [0.15, 0.2) is 237 Å². The average molecular weight is 903 g/mol. The van der Waals surface area contributed by atoms with E-state index in [0.717, 1.165) is 78.8 Å². The van der Waals surface area contributed by atoms with Crippen LogP contribution in [0.4, 0.5) is 39.8 Å². The van der Waals surface area contributed by atoms with Gasteiger partial charge in [-0.3, -0.25) is 0 Å². The topological polar surface area (TPSA) is 42.4 Å². The van der Waals surface area contributed by atoms with E-state index in [-0.39, 0.29) is 6.04 Å². The summed E-state index contributed by atoms with van der Waals surface area (Å²) < 4.78 is 0. The third-order valence-electron chi connectivity index (χ3n) is 12.7. The van der Waals surface area contributed by atoms with Crippen molar-refractivity contribution < 1.29 is 0 Å². The van der Waals surface area contributed by atoms with Crippen molar-refractivity contribution in [2.75, 3.05) is 15.1 Å². The second kappa shape index (κ2) is 20.9. The molecular weight excluding hydrogens is 849 g/mol. The molecule has 4 nitrogen and oxygen atoms in total. The first kappa shape index (κ1) is 44.8. The molecule has 338 valence electrons. The van der Waals surface area contributed by atoms with Gasteiger partial charge in [-0.05, 0) is 131 Å². The Balaban J connectivity index is 0.889. The van der Waals surface area contributed by atoms with Crippen molar-refractivity contribution in [1.82, 2.24) is 0 Å². The number of hydrogen-bond acceptors (Lipinski definition) is 4. The molecule has 9 aromatic carbocycles. The predicted octanol–water partition coefficient (Wildman–Crippen LogP) is 17.9. The third-order valence-corrected chi connectivity index (χ3v) is 12.7. The monoisotopic (exact) mass is 902 g/mol. The summed E-state index contributed by atoms with van der Waals surface area (Å²) in [5.41, 5.74) is 19.0. The molecule has 70 heavy (non-hydrogen) atoms. The Morgan fingerprint density at radius 1 is 0.514 bits per heavy atom. The zero-order chi connectivity index (χ0) is 47.7. The van der Waals surface area contributed by atoms with E-state index in [1.807, 2.05) is 24.3 Å². The van der Waals surface area contributed by atoms with Crippen LogP contribution >= 0.6 is 0 Å². The van der Waals surface area contributed by atoms with E-state index in [2.05, 4.69) is 278 Å². The van der Waals surface area contributed by atoms with E-state index in [0.29, 0.717) is 5.71 Å². The quantitative estimate of drug-likeness (QED) is 0.0844. The lowest BCUT2D eigenvalue weighted by Crippen LogP contribution is -2.26. The first-order chi connectivity index (χ1) is 34.4. The van der Waals surface area contributed by atoms with Crippen molar-refractivity contribution in [3.8, 4) is 11.1 Å². The van der Waals surface area contributed by atoms with Crippen molar-refractivity contribution in [2.24, 2.45) is 0 Å². The normalized spacial score (nSPS) is 12.5. The first-order valence-electron chi connectivity index (χ1n) is 23.9. The summed E-state index contributed by atoms with van der Waals surface area (Å²) in [6.45, 7) is 4.29. The Labute approximate surface area is 412 Å². The van der Waals surface area contributed by atoms with Gasteiger partial charge in [0.15, 0.2) is 0 Å². The summed E-state index contributed by atoms with van der Waals surface area (Å²) in [6, 6.07) is 78.7. The number of benzene rings is 9. The van der Waals surface area contributed by atoms with Crippen LogP contribution in [0.1, 0.15) is 51.4 Å². The molecule has 0 bridgehead atoms. The number of nitrogens with zero attached hydrogens (tertiary/aromatic N) is 2. The molecule has 0 fully saturated rings. The predicted molar refractivity (Wildman–Crippen MR) is 301 cm³/mol. The lowest BCUT2D eigenvalue weighted by atomic mass is 10.0. The minimum Gasteiger partial charge on any atom is -0.355 e. The van der Waals surface area contributed by atoms with Gasteiger partial charge < -0.3 is 20.5 Å². The zero-order valence-corrected chi connectivity index (χ0v) is 39.5. The Hall–Kier alpha value is -8.99. The number of fused-ring (bicyclic) bond motifs is 2.